The van der Waals surface area contributed by atoms with Crippen LogP contribution < -0.4 is 5.32 Å². The minimum Gasteiger partial charge on any atom is -0.464 e. The second kappa shape index (κ2) is 6.31. The van der Waals surface area contributed by atoms with Gasteiger partial charge in [-0.15, -0.1) is 0 Å². The van der Waals surface area contributed by atoms with E-state index in [1.807, 2.05) is 32.9 Å². The summed E-state index contributed by atoms with van der Waals surface area (Å²) < 4.78 is 5.47. The minimum absolute atomic E-state index is 0.575. The maximum atomic E-state index is 5.97. The normalized spacial score (nSPS) is 12.4. The van der Waals surface area contributed by atoms with Crippen LogP contribution in [0.5, 0.6) is 0 Å². The van der Waals surface area contributed by atoms with Gasteiger partial charge in [0.2, 0.25) is 0 Å². The molecule has 0 bridgehead atoms. The highest BCUT2D eigenvalue weighted by Gasteiger charge is 2.10. The predicted molar refractivity (Wildman–Crippen MR) is 79.1 cm³/mol. The molecule has 1 heterocycles. The first-order chi connectivity index (χ1) is 8.51. The Hall–Kier alpha value is -1.67. The molecule has 0 aliphatic heterocycles. The Kier molecular flexibility index (Phi) is 5.05. The first-order valence-corrected chi connectivity index (χ1v) is 6.05. The molecule has 3 heteroatoms. The summed E-state index contributed by atoms with van der Waals surface area (Å²) >= 11 is 5.97. The first kappa shape index (κ1) is 14.4. The third-order valence-corrected chi connectivity index (χ3v) is 3.03. The second-order valence-corrected chi connectivity index (χ2v) is 4.33. The Labute approximate surface area is 113 Å². The molecule has 0 saturated heterocycles. The molecule has 1 aromatic rings. The van der Waals surface area contributed by atoms with Crippen LogP contribution in [0.4, 0.5) is 0 Å². The molecule has 0 radical (unpaired) electrons. The molecule has 0 aliphatic rings. The molecule has 1 N–H and O–H groups in total. The monoisotopic (exact) mass is 263 g/mol. The van der Waals surface area contributed by atoms with Gasteiger partial charge in [-0.3, -0.25) is 0 Å². The van der Waals surface area contributed by atoms with Crippen molar-refractivity contribution in [3.8, 4) is 0 Å². The molecule has 0 aromatic carbocycles. The molecular weight excluding hydrogens is 246 g/mol. The van der Waals surface area contributed by atoms with E-state index in [1.54, 1.807) is 12.3 Å². The van der Waals surface area contributed by atoms with Gasteiger partial charge in [0.25, 0.3) is 0 Å². The van der Waals surface area contributed by atoms with E-state index < -0.39 is 0 Å². The third-order valence-electron chi connectivity index (χ3n) is 2.60. The molecule has 1 rings (SSSR count). The molecule has 96 valence electrons. The fraction of sp³-hybridized carbons (Fsp3) is 0.200. The summed E-state index contributed by atoms with van der Waals surface area (Å²) in [5.74, 6) is 0.840. The topological polar surface area (TPSA) is 25.2 Å². The zero-order chi connectivity index (χ0) is 13.7. The lowest BCUT2D eigenvalue weighted by Crippen LogP contribution is -2.09. The Bertz CT molecular complexity index is 521. The van der Waals surface area contributed by atoms with Gasteiger partial charge in [0.15, 0.2) is 0 Å². The molecule has 0 saturated carbocycles. The lowest BCUT2D eigenvalue weighted by molar-refractivity contribution is 0.554. The van der Waals surface area contributed by atoms with E-state index in [0.29, 0.717) is 5.03 Å². The molecule has 0 fully saturated rings. The molecule has 18 heavy (non-hydrogen) atoms. The summed E-state index contributed by atoms with van der Waals surface area (Å²) in [7, 11) is 0. The molecule has 0 amide bonds. The largest absolute Gasteiger partial charge is 0.464 e. The van der Waals surface area contributed by atoms with Crippen LogP contribution in [0.15, 0.2) is 46.7 Å². The van der Waals surface area contributed by atoms with Gasteiger partial charge in [0.1, 0.15) is 12.0 Å². The van der Waals surface area contributed by atoms with Crippen LogP contribution in [-0.2, 0) is 0 Å². The van der Waals surface area contributed by atoms with Gasteiger partial charge in [-0.05, 0) is 32.9 Å². The maximum Gasteiger partial charge on any atom is 0.129 e. The maximum absolute atomic E-state index is 5.97. The van der Waals surface area contributed by atoms with E-state index in [9.17, 15) is 0 Å². The molecule has 0 atom stereocenters. The summed E-state index contributed by atoms with van der Waals surface area (Å²) in [5, 5.41) is 3.72. The number of hydrogen-bond acceptors (Lipinski definition) is 2. The number of hydrogen-bond donors (Lipinski definition) is 1. The molecule has 0 aliphatic carbocycles. The van der Waals surface area contributed by atoms with Crippen molar-refractivity contribution in [1.82, 2.24) is 5.32 Å². The molecule has 0 spiro atoms. The van der Waals surface area contributed by atoms with E-state index in [2.05, 4.69) is 18.5 Å². The van der Waals surface area contributed by atoms with Gasteiger partial charge in [-0.25, -0.2) is 0 Å². The Morgan fingerprint density at radius 2 is 2.17 bits per heavy atom. The van der Waals surface area contributed by atoms with Gasteiger partial charge in [-0.1, -0.05) is 30.8 Å². The number of nitrogens with one attached hydrogen (secondary N) is 1. The molecule has 2 nitrogen and oxygen atoms in total. The van der Waals surface area contributed by atoms with Crippen LogP contribution in [-0.4, -0.2) is 0 Å². The van der Waals surface area contributed by atoms with E-state index in [0.717, 1.165) is 28.3 Å². The summed E-state index contributed by atoms with van der Waals surface area (Å²) in [6.07, 6.45) is 7.14. The van der Waals surface area contributed by atoms with Crippen molar-refractivity contribution in [1.29, 1.82) is 0 Å². The number of rotatable bonds is 5. The summed E-state index contributed by atoms with van der Waals surface area (Å²) in [4.78, 5) is 0. The third kappa shape index (κ3) is 3.17. The van der Waals surface area contributed by atoms with Crippen LogP contribution in [0, 0.1) is 6.92 Å². The minimum atomic E-state index is 0.575. The van der Waals surface area contributed by atoms with Gasteiger partial charge in [0.05, 0.1) is 5.03 Å². The van der Waals surface area contributed by atoms with Crippen LogP contribution >= 0.6 is 11.6 Å². The Morgan fingerprint density at radius 1 is 1.50 bits per heavy atom. The summed E-state index contributed by atoms with van der Waals surface area (Å²) in [6, 6.07) is 0. The van der Waals surface area contributed by atoms with Crippen molar-refractivity contribution in [2.45, 2.75) is 20.8 Å². The molecular formula is C15H18ClNO. The lowest BCUT2D eigenvalue weighted by Gasteiger charge is -2.10. The number of allylic oxidation sites excluding steroid dienone is 4. The summed E-state index contributed by atoms with van der Waals surface area (Å²) in [5.41, 5.74) is 3.55. The fourth-order valence-corrected chi connectivity index (χ4v) is 1.60. The van der Waals surface area contributed by atoms with Crippen molar-refractivity contribution in [2.75, 3.05) is 0 Å². The highest BCUT2D eigenvalue weighted by molar-refractivity contribution is 6.31. The lowest BCUT2D eigenvalue weighted by atomic mass is 10.1. The van der Waals surface area contributed by atoms with Crippen LogP contribution in [0.2, 0.25) is 0 Å². The van der Waals surface area contributed by atoms with E-state index in [-0.39, 0.29) is 0 Å². The Balaban J connectivity index is 2.96. The number of halogens is 1. The molecule has 1 aromatic heterocycles. The van der Waals surface area contributed by atoms with Gasteiger partial charge in [0, 0.05) is 22.5 Å². The van der Waals surface area contributed by atoms with Gasteiger partial charge in [-0.2, -0.15) is 0 Å². The van der Waals surface area contributed by atoms with Crippen molar-refractivity contribution in [2.24, 2.45) is 0 Å². The van der Waals surface area contributed by atoms with Crippen molar-refractivity contribution >= 4 is 23.4 Å². The SMILES string of the molecule is C=C/C(Cl)=C(\C)NC(=C)c1coc(/C=C\C)c1C. The van der Waals surface area contributed by atoms with Gasteiger partial charge < -0.3 is 9.73 Å². The standard InChI is InChI=1S/C15H18ClNO/c1-6-8-15-10(3)13(9-18-15)11(4)17-12(5)14(16)7-2/h6-9,17H,2,4H2,1,3,5H3/b8-6-,14-12-. The van der Waals surface area contributed by atoms with Crippen LogP contribution in [0.3, 0.4) is 0 Å². The highest BCUT2D eigenvalue weighted by atomic mass is 35.5. The Morgan fingerprint density at radius 3 is 2.72 bits per heavy atom. The van der Waals surface area contributed by atoms with Crippen LogP contribution in [0.25, 0.3) is 11.8 Å². The molecule has 0 unspecified atom stereocenters. The fourth-order valence-electron chi connectivity index (χ4n) is 1.55. The van der Waals surface area contributed by atoms with Gasteiger partial charge >= 0.3 is 0 Å². The number of furan rings is 1. The zero-order valence-electron chi connectivity index (χ0n) is 11.0. The van der Waals surface area contributed by atoms with Crippen molar-refractivity contribution < 1.29 is 4.42 Å². The first-order valence-electron chi connectivity index (χ1n) is 5.67. The average Bonchev–Trinajstić information content (AvgIpc) is 2.70. The second-order valence-electron chi connectivity index (χ2n) is 3.92. The van der Waals surface area contributed by atoms with E-state index in [4.69, 9.17) is 16.0 Å². The van der Waals surface area contributed by atoms with E-state index >= 15 is 0 Å². The van der Waals surface area contributed by atoms with E-state index in [1.165, 1.54) is 0 Å². The predicted octanol–water partition coefficient (Wildman–Crippen LogP) is 4.84. The summed E-state index contributed by atoms with van der Waals surface area (Å²) in [6.45, 7) is 13.4. The van der Waals surface area contributed by atoms with Crippen molar-refractivity contribution in [3.63, 3.8) is 0 Å². The van der Waals surface area contributed by atoms with Crippen LogP contribution in [0.1, 0.15) is 30.7 Å². The highest BCUT2D eigenvalue weighted by Crippen LogP contribution is 2.23. The smallest absolute Gasteiger partial charge is 0.129 e. The quantitative estimate of drug-likeness (QED) is 0.769. The average molecular weight is 264 g/mol. The van der Waals surface area contributed by atoms with Crippen molar-refractivity contribution in [3.05, 3.63) is 59.2 Å². The zero-order valence-corrected chi connectivity index (χ0v) is 11.8.